The van der Waals surface area contributed by atoms with E-state index in [-0.39, 0.29) is 11.1 Å². The van der Waals surface area contributed by atoms with Crippen LogP contribution in [0.25, 0.3) is 0 Å². The molecule has 0 unspecified atom stereocenters. The molecule has 0 spiro atoms. The van der Waals surface area contributed by atoms with Crippen molar-refractivity contribution in [3.8, 4) is 0 Å². The summed E-state index contributed by atoms with van der Waals surface area (Å²) in [5.41, 5.74) is 0.347. The van der Waals surface area contributed by atoms with E-state index in [0.29, 0.717) is 0 Å². The lowest BCUT2D eigenvalue weighted by Gasteiger charge is -2.10. The quantitative estimate of drug-likeness (QED) is 0.802. The van der Waals surface area contributed by atoms with E-state index in [1.54, 1.807) is 4.68 Å². The number of aryl methyl sites for hydroxylation is 1. The lowest BCUT2D eigenvalue weighted by atomic mass is 10.1. The van der Waals surface area contributed by atoms with Crippen LogP contribution in [0.1, 0.15) is 31.5 Å². The summed E-state index contributed by atoms with van der Waals surface area (Å²) in [6.45, 7) is 1.61. The third-order valence-corrected chi connectivity index (χ3v) is 4.48. The molecule has 0 amide bonds. The molecular formula is C11H17N3OS. The van der Waals surface area contributed by atoms with Crippen molar-refractivity contribution in [2.24, 2.45) is 5.41 Å². The summed E-state index contributed by atoms with van der Waals surface area (Å²) in [5, 5.41) is 4.46. The van der Waals surface area contributed by atoms with E-state index in [9.17, 15) is 4.79 Å². The lowest BCUT2D eigenvalue weighted by Crippen LogP contribution is -2.29. The van der Waals surface area contributed by atoms with E-state index in [4.69, 9.17) is 0 Å². The number of fused-ring (bicyclic) bond motifs is 1. The Bertz CT molecular complexity index is 458. The van der Waals surface area contributed by atoms with Gasteiger partial charge in [-0.3, -0.25) is 4.57 Å². The Morgan fingerprint density at radius 3 is 2.81 bits per heavy atom. The maximum Gasteiger partial charge on any atom is 0.345 e. The van der Waals surface area contributed by atoms with Crippen LogP contribution in [0.5, 0.6) is 0 Å². The molecule has 2 heterocycles. The first-order valence-electron chi connectivity index (χ1n) is 6.02. The number of rotatable bonds is 3. The number of hydrogen-bond acceptors (Lipinski definition) is 3. The van der Waals surface area contributed by atoms with Crippen molar-refractivity contribution in [2.75, 3.05) is 5.75 Å². The van der Waals surface area contributed by atoms with Crippen LogP contribution in [0.3, 0.4) is 0 Å². The molecule has 1 aromatic heterocycles. The molecule has 0 bridgehead atoms. The minimum atomic E-state index is 0.0859. The van der Waals surface area contributed by atoms with E-state index in [1.165, 1.54) is 12.8 Å². The topological polar surface area (TPSA) is 39.8 Å². The molecule has 3 rings (SSSR count). The zero-order valence-electron chi connectivity index (χ0n) is 9.35. The summed E-state index contributed by atoms with van der Waals surface area (Å²) in [6.07, 6.45) is 5.59. The molecule has 0 radical (unpaired) electrons. The maximum atomic E-state index is 12.1. The van der Waals surface area contributed by atoms with Crippen molar-refractivity contribution in [3.05, 3.63) is 16.3 Å². The standard InChI is InChI=1S/C11H17N3OS/c15-10-13-6-2-1-3-9(13)12-14(10)7-11(8-16)4-5-11/h16H,1-8H2. The third-order valence-electron chi connectivity index (χ3n) is 3.81. The lowest BCUT2D eigenvalue weighted by molar-refractivity contribution is 0.426. The summed E-state index contributed by atoms with van der Waals surface area (Å²) in [4.78, 5) is 12.1. The molecule has 5 heteroatoms. The summed E-state index contributed by atoms with van der Waals surface area (Å²) in [5.74, 6) is 1.84. The molecule has 1 aromatic rings. The number of nitrogens with zero attached hydrogens (tertiary/aromatic N) is 3. The second-order valence-electron chi connectivity index (χ2n) is 5.12. The molecule has 0 atom stereocenters. The monoisotopic (exact) mass is 239 g/mol. The molecular weight excluding hydrogens is 222 g/mol. The van der Waals surface area contributed by atoms with Crippen molar-refractivity contribution in [1.82, 2.24) is 14.3 Å². The zero-order chi connectivity index (χ0) is 11.2. The first-order valence-corrected chi connectivity index (χ1v) is 6.65. The highest BCUT2D eigenvalue weighted by atomic mass is 32.1. The van der Waals surface area contributed by atoms with Crippen LogP contribution >= 0.6 is 12.6 Å². The van der Waals surface area contributed by atoms with E-state index in [2.05, 4.69) is 17.7 Å². The molecule has 1 aliphatic carbocycles. The molecule has 88 valence electrons. The van der Waals surface area contributed by atoms with Crippen LogP contribution in [0.2, 0.25) is 0 Å². The summed E-state index contributed by atoms with van der Waals surface area (Å²) in [6, 6.07) is 0. The predicted molar refractivity (Wildman–Crippen MR) is 64.9 cm³/mol. The first kappa shape index (κ1) is 10.4. The molecule has 4 nitrogen and oxygen atoms in total. The van der Waals surface area contributed by atoms with E-state index < -0.39 is 0 Å². The van der Waals surface area contributed by atoms with Crippen LogP contribution < -0.4 is 5.69 Å². The minimum Gasteiger partial charge on any atom is -0.279 e. The molecule has 1 saturated carbocycles. The smallest absolute Gasteiger partial charge is 0.279 e. The van der Waals surface area contributed by atoms with Gasteiger partial charge in [0.05, 0.1) is 6.54 Å². The first-order chi connectivity index (χ1) is 7.74. The Labute approximate surface area is 100 Å². The minimum absolute atomic E-state index is 0.0859. The average Bonchev–Trinajstić information content (AvgIpc) is 3.02. The Morgan fingerprint density at radius 2 is 2.19 bits per heavy atom. The van der Waals surface area contributed by atoms with Gasteiger partial charge in [0.1, 0.15) is 5.82 Å². The van der Waals surface area contributed by atoms with Crippen LogP contribution in [-0.4, -0.2) is 20.1 Å². The Hall–Kier alpha value is -0.710. The number of hydrogen-bond donors (Lipinski definition) is 1. The van der Waals surface area contributed by atoms with Gasteiger partial charge in [-0.2, -0.15) is 17.7 Å². The zero-order valence-corrected chi connectivity index (χ0v) is 10.2. The van der Waals surface area contributed by atoms with Gasteiger partial charge in [-0.1, -0.05) is 0 Å². The maximum absolute atomic E-state index is 12.1. The van der Waals surface area contributed by atoms with E-state index >= 15 is 0 Å². The fourth-order valence-corrected chi connectivity index (χ4v) is 2.83. The SMILES string of the molecule is O=c1n(CC2(CS)CC2)nc2n1CCCC2. The molecule has 1 fully saturated rings. The second kappa shape index (κ2) is 3.65. The van der Waals surface area contributed by atoms with Gasteiger partial charge in [0.2, 0.25) is 0 Å². The van der Waals surface area contributed by atoms with Gasteiger partial charge in [-0.25, -0.2) is 9.48 Å². The molecule has 2 aliphatic rings. The van der Waals surface area contributed by atoms with Gasteiger partial charge in [0.25, 0.3) is 0 Å². The van der Waals surface area contributed by atoms with Gasteiger partial charge in [0, 0.05) is 13.0 Å². The van der Waals surface area contributed by atoms with Gasteiger partial charge < -0.3 is 0 Å². The van der Waals surface area contributed by atoms with Crippen molar-refractivity contribution in [2.45, 2.75) is 45.2 Å². The van der Waals surface area contributed by atoms with Crippen LogP contribution in [0, 0.1) is 5.41 Å². The second-order valence-corrected chi connectivity index (χ2v) is 5.44. The van der Waals surface area contributed by atoms with Gasteiger partial charge in [0.15, 0.2) is 0 Å². The Balaban J connectivity index is 1.90. The predicted octanol–water partition coefficient (Wildman–Crippen LogP) is 1.09. The number of aromatic nitrogens is 3. The van der Waals surface area contributed by atoms with Gasteiger partial charge in [-0.15, -0.1) is 0 Å². The largest absolute Gasteiger partial charge is 0.345 e. The Morgan fingerprint density at radius 1 is 1.38 bits per heavy atom. The summed E-state index contributed by atoms with van der Waals surface area (Å²) >= 11 is 4.37. The van der Waals surface area contributed by atoms with E-state index in [0.717, 1.165) is 43.9 Å². The van der Waals surface area contributed by atoms with Crippen molar-refractivity contribution in [3.63, 3.8) is 0 Å². The molecule has 0 N–H and O–H groups in total. The normalized spacial score (nSPS) is 21.8. The third kappa shape index (κ3) is 1.61. The summed E-state index contributed by atoms with van der Waals surface area (Å²) in [7, 11) is 0. The van der Waals surface area contributed by atoms with Crippen LogP contribution in [0.15, 0.2) is 4.79 Å². The fourth-order valence-electron chi connectivity index (χ4n) is 2.41. The van der Waals surface area contributed by atoms with Crippen LogP contribution in [0.4, 0.5) is 0 Å². The average molecular weight is 239 g/mol. The molecule has 0 saturated heterocycles. The van der Waals surface area contributed by atoms with Crippen LogP contribution in [-0.2, 0) is 19.5 Å². The van der Waals surface area contributed by atoms with Crippen molar-refractivity contribution < 1.29 is 0 Å². The highest BCUT2D eigenvalue weighted by Gasteiger charge is 2.42. The highest BCUT2D eigenvalue weighted by molar-refractivity contribution is 7.80. The van der Waals surface area contributed by atoms with Crippen molar-refractivity contribution in [1.29, 1.82) is 0 Å². The molecule has 0 aromatic carbocycles. The van der Waals surface area contributed by atoms with Gasteiger partial charge in [-0.05, 0) is 36.9 Å². The molecule has 16 heavy (non-hydrogen) atoms. The Kier molecular flexibility index (Phi) is 2.38. The summed E-state index contributed by atoms with van der Waals surface area (Å²) < 4.78 is 3.52. The van der Waals surface area contributed by atoms with Crippen molar-refractivity contribution >= 4 is 12.6 Å². The number of thiol groups is 1. The highest BCUT2D eigenvalue weighted by Crippen LogP contribution is 2.47. The van der Waals surface area contributed by atoms with Gasteiger partial charge >= 0.3 is 5.69 Å². The fraction of sp³-hybridized carbons (Fsp3) is 0.818. The molecule has 1 aliphatic heterocycles. The van der Waals surface area contributed by atoms with E-state index in [1.807, 2.05) is 4.57 Å².